The second-order valence-corrected chi connectivity index (χ2v) is 8.34. The van der Waals surface area contributed by atoms with Gasteiger partial charge in [-0.15, -0.1) is 0 Å². The van der Waals surface area contributed by atoms with Crippen LogP contribution in [0.3, 0.4) is 0 Å². The molecule has 28 heavy (non-hydrogen) atoms. The zero-order chi connectivity index (χ0) is 20.1. The van der Waals surface area contributed by atoms with Crippen molar-refractivity contribution in [3.63, 3.8) is 0 Å². The third-order valence-corrected chi connectivity index (χ3v) is 6.61. The minimum atomic E-state index is -2.88. The van der Waals surface area contributed by atoms with E-state index in [0.29, 0.717) is 24.9 Å². The number of rotatable bonds is 7. The van der Waals surface area contributed by atoms with Gasteiger partial charge in [0.1, 0.15) is 0 Å². The number of ether oxygens (including phenoxy) is 2. The summed E-state index contributed by atoms with van der Waals surface area (Å²) < 4.78 is 52.8. The summed E-state index contributed by atoms with van der Waals surface area (Å²) in [6.45, 7) is 4.78. The van der Waals surface area contributed by atoms with Gasteiger partial charge >= 0.3 is 0 Å². The number of halogens is 3. The first-order valence-electron chi connectivity index (χ1n) is 10.9. The highest BCUT2D eigenvalue weighted by Gasteiger charge is 2.34. The van der Waals surface area contributed by atoms with E-state index < -0.39 is 23.9 Å². The van der Waals surface area contributed by atoms with Crippen LogP contribution in [-0.2, 0) is 4.74 Å². The molecule has 1 aliphatic heterocycles. The normalized spacial score (nSPS) is 28.5. The van der Waals surface area contributed by atoms with Gasteiger partial charge in [0.25, 0.3) is 6.43 Å². The lowest BCUT2D eigenvalue weighted by Crippen LogP contribution is -2.30. The number of hydrogen-bond acceptors (Lipinski definition) is 2. The van der Waals surface area contributed by atoms with Gasteiger partial charge in [-0.05, 0) is 62.0 Å². The third kappa shape index (κ3) is 4.84. The summed E-state index contributed by atoms with van der Waals surface area (Å²) in [5.41, 5.74) is -0.282. The Kier molecular flexibility index (Phi) is 7.67. The summed E-state index contributed by atoms with van der Waals surface area (Å²) in [6.07, 6.45) is 6.00. The van der Waals surface area contributed by atoms with Crippen LogP contribution in [0, 0.1) is 23.6 Å². The van der Waals surface area contributed by atoms with E-state index >= 15 is 0 Å². The van der Waals surface area contributed by atoms with Crippen LogP contribution >= 0.6 is 0 Å². The van der Waals surface area contributed by atoms with Gasteiger partial charge in [-0.2, -0.15) is 0 Å². The molecule has 1 aromatic rings. The van der Waals surface area contributed by atoms with E-state index in [9.17, 15) is 13.2 Å². The van der Waals surface area contributed by atoms with Crippen molar-refractivity contribution in [3.8, 4) is 5.75 Å². The minimum Gasteiger partial charge on any atom is -0.491 e. The lowest BCUT2D eigenvalue weighted by Gasteiger charge is -2.38. The fourth-order valence-electron chi connectivity index (χ4n) is 5.10. The molecule has 1 saturated carbocycles. The molecule has 1 aromatic carbocycles. The predicted octanol–water partition coefficient (Wildman–Crippen LogP) is 7.24. The smallest absolute Gasteiger partial charge is 0.267 e. The highest BCUT2D eigenvalue weighted by Crippen LogP contribution is 2.43. The number of alkyl halides is 2. The van der Waals surface area contributed by atoms with Crippen LogP contribution in [0.5, 0.6) is 5.75 Å². The fourth-order valence-corrected chi connectivity index (χ4v) is 5.10. The predicted molar refractivity (Wildman–Crippen MR) is 104 cm³/mol. The summed E-state index contributed by atoms with van der Waals surface area (Å²) in [7, 11) is 0. The lowest BCUT2D eigenvalue weighted by molar-refractivity contribution is -0.0421. The zero-order valence-corrected chi connectivity index (χ0v) is 17.1. The van der Waals surface area contributed by atoms with Gasteiger partial charge in [-0.1, -0.05) is 38.7 Å². The molecule has 0 aromatic heterocycles. The van der Waals surface area contributed by atoms with Crippen molar-refractivity contribution in [1.82, 2.24) is 0 Å². The van der Waals surface area contributed by atoms with Gasteiger partial charge < -0.3 is 9.47 Å². The zero-order valence-electron chi connectivity index (χ0n) is 17.1. The Labute approximate surface area is 166 Å². The quantitative estimate of drug-likeness (QED) is 0.482. The average Bonchev–Trinajstić information content (AvgIpc) is 2.70. The monoisotopic (exact) mass is 398 g/mol. The Hall–Kier alpha value is -1.23. The molecule has 0 spiro atoms. The SMILES string of the molecule is CCCC1CCC(C2CCC(c3ccc(OCC)c(F)c3C(F)F)OC2)CC1. The van der Waals surface area contributed by atoms with Gasteiger partial charge in [0.05, 0.1) is 24.9 Å². The van der Waals surface area contributed by atoms with Crippen LogP contribution in [0.25, 0.3) is 0 Å². The highest BCUT2D eigenvalue weighted by molar-refractivity contribution is 5.40. The average molecular weight is 399 g/mol. The summed E-state index contributed by atoms with van der Waals surface area (Å²) in [5.74, 6) is 0.995. The van der Waals surface area contributed by atoms with E-state index in [1.165, 1.54) is 44.6 Å². The van der Waals surface area contributed by atoms with Crippen molar-refractivity contribution in [2.75, 3.05) is 13.2 Å². The first-order chi connectivity index (χ1) is 13.5. The molecule has 2 aliphatic rings. The van der Waals surface area contributed by atoms with E-state index in [1.54, 1.807) is 13.0 Å². The Balaban J connectivity index is 1.63. The molecular weight excluding hydrogens is 365 g/mol. The molecule has 158 valence electrons. The summed E-state index contributed by atoms with van der Waals surface area (Å²) in [4.78, 5) is 0. The van der Waals surface area contributed by atoms with Gasteiger partial charge in [0, 0.05) is 0 Å². The number of hydrogen-bond donors (Lipinski definition) is 0. The van der Waals surface area contributed by atoms with E-state index in [2.05, 4.69) is 6.92 Å². The van der Waals surface area contributed by atoms with Crippen LogP contribution < -0.4 is 4.74 Å². The Morgan fingerprint density at radius 2 is 1.75 bits per heavy atom. The molecule has 5 heteroatoms. The molecule has 2 unspecified atom stereocenters. The molecule has 0 radical (unpaired) electrons. The standard InChI is InChI=1S/C23H33F3O2/c1-3-5-15-6-8-16(9-7-15)17-10-12-19(28-14-17)18-11-13-20(27-4-2)22(24)21(18)23(25)26/h11,13,15-17,19,23H,3-10,12,14H2,1-2H3. The second kappa shape index (κ2) is 10.00. The largest absolute Gasteiger partial charge is 0.491 e. The maximum Gasteiger partial charge on any atom is 0.267 e. The molecule has 0 amide bonds. The maximum atomic E-state index is 14.5. The summed E-state index contributed by atoms with van der Waals surface area (Å²) in [6, 6.07) is 3.00. The number of benzene rings is 1. The van der Waals surface area contributed by atoms with Crippen LogP contribution in [0.15, 0.2) is 12.1 Å². The van der Waals surface area contributed by atoms with E-state index in [0.717, 1.165) is 12.3 Å². The van der Waals surface area contributed by atoms with Crippen molar-refractivity contribution in [1.29, 1.82) is 0 Å². The van der Waals surface area contributed by atoms with Gasteiger partial charge in [-0.3, -0.25) is 0 Å². The Morgan fingerprint density at radius 3 is 2.32 bits per heavy atom. The van der Waals surface area contributed by atoms with Gasteiger partial charge in [0.15, 0.2) is 11.6 Å². The van der Waals surface area contributed by atoms with E-state index in [4.69, 9.17) is 9.47 Å². The van der Waals surface area contributed by atoms with Crippen molar-refractivity contribution >= 4 is 0 Å². The Bertz CT molecular complexity index is 619. The molecule has 2 fully saturated rings. The molecule has 1 aliphatic carbocycles. The molecule has 0 bridgehead atoms. The molecular formula is C23H33F3O2. The van der Waals surface area contributed by atoms with Gasteiger partial charge in [-0.25, -0.2) is 13.2 Å². The first kappa shape index (κ1) is 21.5. The molecule has 2 atom stereocenters. The van der Waals surface area contributed by atoms with Crippen molar-refractivity contribution in [3.05, 3.63) is 29.1 Å². The minimum absolute atomic E-state index is 0.112. The van der Waals surface area contributed by atoms with Crippen molar-refractivity contribution < 1.29 is 22.6 Å². The fraction of sp³-hybridized carbons (Fsp3) is 0.739. The lowest BCUT2D eigenvalue weighted by atomic mass is 9.72. The first-order valence-corrected chi connectivity index (χ1v) is 10.9. The van der Waals surface area contributed by atoms with Crippen LogP contribution in [-0.4, -0.2) is 13.2 Å². The Morgan fingerprint density at radius 1 is 1.04 bits per heavy atom. The van der Waals surface area contributed by atoms with Gasteiger partial charge in [0.2, 0.25) is 0 Å². The van der Waals surface area contributed by atoms with Crippen LogP contribution in [0.2, 0.25) is 0 Å². The molecule has 1 heterocycles. The summed E-state index contributed by atoms with van der Waals surface area (Å²) in [5, 5.41) is 0. The highest BCUT2D eigenvalue weighted by atomic mass is 19.3. The molecule has 1 saturated heterocycles. The van der Waals surface area contributed by atoms with Crippen molar-refractivity contribution in [2.24, 2.45) is 17.8 Å². The van der Waals surface area contributed by atoms with E-state index in [-0.39, 0.29) is 17.9 Å². The van der Waals surface area contributed by atoms with Crippen molar-refractivity contribution in [2.45, 2.75) is 77.7 Å². The topological polar surface area (TPSA) is 18.5 Å². The molecule has 3 rings (SSSR count). The third-order valence-electron chi connectivity index (χ3n) is 6.61. The molecule has 0 N–H and O–H groups in total. The molecule has 2 nitrogen and oxygen atoms in total. The van der Waals surface area contributed by atoms with E-state index in [1.807, 2.05) is 0 Å². The van der Waals surface area contributed by atoms with Crippen LogP contribution in [0.4, 0.5) is 13.2 Å². The second-order valence-electron chi connectivity index (χ2n) is 8.34. The summed E-state index contributed by atoms with van der Waals surface area (Å²) >= 11 is 0. The van der Waals surface area contributed by atoms with Crippen LogP contribution in [0.1, 0.15) is 88.9 Å². The maximum absolute atomic E-state index is 14.5.